The van der Waals surface area contributed by atoms with Gasteiger partial charge in [-0.2, -0.15) is 0 Å². The van der Waals surface area contributed by atoms with E-state index < -0.39 is 0 Å². The minimum atomic E-state index is -0.251. The first kappa shape index (κ1) is 10.9. The van der Waals surface area contributed by atoms with E-state index >= 15 is 0 Å². The lowest BCUT2D eigenvalue weighted by Gasteiger charge is -1.95. The van der Waals surface area contributed by atoms with Crippen LogP contribution in [-0.2, 0) is 9.53 Å². The molecule has 0 aliphatic rings. The van der Waals surface area contributed by atoms with Gasteiger partial charge in [-0.1, -0.05) is 30.0 Å². The van der Waals surface area contributed by atoms with Gasteiger partial charge in [-0.15, -0.1) is 0 Å². The van der Waals surface area contributed by atoms with E-state index in [1.165, 1.54) is 11.8 Å². The molecule has 0 radical (unpaired) electrons. The molecule has 74 valence electrons. The smallest absolute Gasteiger partial charge is 0.302 e. The Morgan fingerprint density at radius 3 is 2.79 bits per heavy atom. The zero-order chi connectivity index (χ0) is 10.2. The maximum absolute atomic E-state index is 10.4. The first-order chi connectivity index (χ1) is 6.79. The lowest BCUT2D eigenvalue weighted by molar-refractivity contribution is -0.139. The van der Waals surface area contributed by atoms with Crippen molar-refractivity contribution in [3.63, 3.8) is 0 Å². The highest BCUT2D eigenvalue weighted by atomic mass is 32.2. The van der Waals surface area contributed by atoms with Crippen LogP contribution < -0.4 is 0 Å². The Bertz CT molecular complexity index is 306. The van der Waals surface area contributed by atoms with Crippen molar-refractivity contribution in [2.24, 2.45) is 0 Å². The summed E-state index contributed by atoms with van der Waals surface area (Å²) in [6.45, 7) is 1.74. The fraction of sp³-hybridized carbons (Fsp3) is 0.182. The number of benzene rings is 1. The molecule has 0 heterocycles. The van der Waals surface area contributed by atoms with Crippen LogP contribution in [0, 0.1) is 0 Å². The van der Waals surface area contributed by atoms with Gasteiger partial charge in [0.05, 0.1) is 0 Å². The average molecular weight is 208 g/mol. The SMILES string of the molecule is CC(=O)OC/C=C/Sc1ccccc1. The van der Waals surface area contributed by atoms with E-state index in [2.05, 4.69) is 0 Å². The summed E-state index contributed by atoms with van der Waals surface area (Å²) in [7, 11) is 0. The standard InChI is InChI=1S/C11H12O2S/c1-10(12)13-8-5-9-14-11-6-3-2-4-7-11/h2-7,9H,8H2,1H3/b9-5+. The maximum Gasteiger partial charge on any atom is 0.302 e. The van der Waals surface area contributed by atoms with Crippen LogP contribution in [0.25, 0.3) is 0 Å². The van der Waals surface area contributed by atoms with Gasteiger partial charge in [-0.25, -0.2) is 0 Å². The third kappa shape index (κ3) is 4.72. The Hall–Kier alpha value is -1.22. The third-order valence-electron chi connectivity index (χ3n) is 1.43. The number of carbonyl (C=O) groups excluding carboxylic acids is 1. The number of carbonyl (C=O) groups is 1. The van der Waals surface area contributed by atoms with Crippen LogP contribution in [0.3, 0.4) is 0 Å². The number of ether oxygens (including phenoxy) is 1. The Kier molecular flexibility index (Phi) is 4.86. The van der Waals surface area contributed by atoms with Gasteiger partial charge < -0.3 is 4.74 Å². The van der Waals surface area contributed by atoms with Crippen LogP contribution in [0.4, 0.5) is 0 Å². The van der Waals surface area contributed by atoms with Gasteiger partial charge in [0.1, 0.15) is 6.61 Å². The first-order valence-corrected chi connectivity index (χ1v) is 5.17. The topological polar surface area (TPSA) is 26.3 Å². The van der Waals surface area contributed by atoms with Gasteiger partial charge in [0.25, 0.3) is 0 Å². The third-order valence-corrected chi connectivity index (χ3v) is 2.30. The Morgan fingerprint density at radius 2 is 2.14 bits per heavy atom. The minimum absolute atomic E-state index is 0.251. The van der Waals surface area contributed by atoms with Crippen LogP contribution in [0.5, 0.6) is 0 Å². The van der Waals surface area contributed by atoms with E-state index in [9.17, 15) is 4.79 Å². The first-order valence-electron chi connectivity index (χ1n) is 4.29. The van der Waals surface area contributed by atoms with Crippen LogP contribution >= 0.6 is 11.8 Å². The van der Waals surface area contributed by atoms with E-state index in [4.69, 9.17) is 4.74 Å². The molecule has 0 fully saturated rings. The van der Waals surface area contributed by atoms with Crippen molar-refractivity contribution in [3.8, 4) is 0 Å². The predicted molar refractivity (Wildman–Crippen MR) is 58.1 cm³/mol. The van der Waals surface area contributed by atoms with Crippen LogP contribution in [0.2, 0.25) is 0 Å². The second-order valence-corrected chi connectivity index (χ2v) is 3.58. The van der Waals surface area contributed by atoms with Crippen molar-refractivity contribution in [2.45, 2.75) is 11.8 Å². The second kappa shape index (κ2) is 6.27. The molecule has 0 aromatic heterocycles. The van der Waals surface area contributed by atoms with Crippen molar-refractivity contribution in [3.05, 3.63) is 41.8 Å². The number of hydrogen-bond acceptors (Lipinski definition) is 3. The van der Waals surface area contributed by atoms with Crippen LogP contribution in [0.15, 0.2) is 46.7 Å². The van der Waals surface area contributed by atoms with Gasteiger partial charge in [0.15, 0.2) is 0 Å². The molecule has 2 nitrogen and oxygen atoms in total. The van der Waals surface area contributed by atoms with Crippen molar-refractivity contribution < 1.29 is 9.53 Å². The molecule has 14 heavy (non-hydrogen) atoms. The van der Waals surface area contributed by atoms with Crippen molar-refractivity contribution in [1.82, 2.24) is 0 Å². The van der Waals surface area contributed by atoms with Crippen molar-refractivity contribution in [2.75, 3.05) is 6.61 Å². The molecule has 1 aromatic rings. The molecule has 0 N–H and O–H groups in total. The molecule has 1 aromatic carbocycles. The molecule has 0 spiro atoms. The molecule has 0 aliphatic heterocycles. The number of hydrogen-bond donors (Lipinski definition) is 0. The quantitative estimate of drug-likeness (QED) is 0.562. The summed E-state index contributed by atoms with van der Waals surface area (Å²) in [4.78, 5) is 11.6. The van der Waals surface area contributed by atoms with Gasteiger partial charge in [0, 0.05) is 11.8 Å². The summed E-state index contributed by atoms with van der Waals surface area (Å²) in [5.41, 5.74) is 0. The molecule has 0 unspecified atom stereocenters. The monoisotopic (exact) mass is 208 g/mol. The molecule has 1 rings (SSSR count). The van der Waals surface area contributed by atoms with E-state index in [0.29, 0.717) is 6.61 Å². The second-order valence-electron chi connectivity index (χ2n) is 2.61. The highest BCUT2D eigenvalue weighted by Crippen LogP contribution is 2.17. The van der Waals surface area contributed by atoms with E-state index in [1.54, 1.807) is 11.8 Å². The zero-order valence-corrected chi connectivity index (χ0v) is 8.79. The molecule has 0 amide bonds. The molecular formula is C11H12O2S. The summed E-state index contributed by atoms with van der Waals surface area (Å²) in [6.07, 6.45) is 1.82. The molecule has 0 atom stereocenters. The summed E-state index contributed by atoms with van der Waals surface area (Å²) in [6, 6.07) is 10.0. The summed E-state index contributed by atoms with van der Waals surface area (Å²) in [5, 5.41) is 1.91. The Morgan fingerprint density at radius 1 is 1.43 bits per heavy atom. The average Bonchev–Trinajstić information content (AvgIpc) is 2.18. The molecule has 0 bridgehead atoms. The summed E-state index contributed by atoms with van der Waals surface area (Å²) in [5.74, 6) is -0.251. The number of rotatable bonds is 4. The molecular weight excluding hydrogens is 196 g/mol. The summed E-state index contributed by atoms with van der Waals surface area (Å²) < 4.78 is 4.74. The van der Waals surface area contributed by atoms with E-state index in [-0.39, 0.29) is 5.97 Å². The van der Waals surface area contributed by atoms with Crippen LogP contribution in [0.1, 0.15) is 6.92 Å². The minimum Gasteiger partial charge on any atom is -0.462 e. The molecule has 3 heteroatoms. The fourth-order valence-corrected chi connectivity index (χ4v) is 1.48. The van der Waals surface area contributed by atoms with E-state index in [1.807, 2.05) is 41.8 Å². The van der Waals surface area contributed by atoms with Crippen molar-refractivity contribution in [1.29, 1.82) is 0 Å². The Labute approximate surface area is 88.0 Å². The highest BCUT2D eigenvalue weighted by molar-refractivity contribution is 8.02. The zero-order valence-electron chi connectivity index (χ0n) is 7.97. The molecule has 0 saturated carbocycles. The normalized spacial score (nSPS) is 10.4. The van der Waals surface area contributed by atoms with Gasteiger partial charge in [-0.05, 0) is 23.6 Å². The number of thioether (sulfide) groups is 1. The van der Waals surface area contributed by atoms with Gasteiger partial charge in [0.2, 0.25) is 0 Å². The number of esters is 1. The van der Waals surface area contributed by atoms with Crippen LogP contribution in [-0.4, -0.2) is 12.6 Å². The fourth-order valence-electron chi connectivity index (χ4n) is 0.830. The predicted octanol–water partition coefficient (Wildman–Crippen LogP) is 2.86. The Balaban J connectivity index is 2.24. The summed E-state index contributed by atoms with van der Waals surface area (Å²) >= 11 is 1.60. The van der Waals surface area contributed by atoms with Gasteiger partial charge in [-0.3, -0.25) is 4.79 Å². The van der Waals surface area contributed by atoms with Gasteiger partial charge >= 0.3 is 5.97 Å². The maximum atomic E-state index is 10.4. The van der Waals surface area contributed by atoms with Crippen molar-refractivity contribution >= 4 is 17.7 Å². The molecule has 0 aliphatic carbocycles. The lowest BCUT2D eigenvalue weighted by atomic mass is 10.4. The van der Waals surface area contributed by atoms with E-state index in [0.717, 1.165) is 0 Å². The highest BCUT2D eigenvalue weighted by Gasteiger charge is 1.88. The molecule has 0 saturated heterocycles. The lowest BCUT2D eigenvalue weighted by Crippen LogP contribution is -1.96. The largest absolute Gasteiger partial charge is 0.462 e.